The minimum atomic E-state index is -0.531. The van der Waals surface area contributed by atoms with Crippen LogP contribution in [0.4, 0.5) is 5.69 Å². The molecular weight excluding hydrogens is 306 g/mol. The third-order valence-electron chi connectivity index (χ3n) is 3.93. The molecule has 1 heterocycles. The molecule has 0 spiro atoms. The maximum atomic E-state index is 12.2. The Bertz CT molecular complexity index is 761. The summed E-state index contributed by atoms with van der Waals surface area (Å²) in [6.07, 6.45) is 0.723. The number of nitrogens with one attached hydrogen (secondary N) is 2. The number of ether oxygens (including phenoxy) is 1. The van der Waals surface area contributed by atoms with Gasteiger partial charge in [0.05, 0.1) is 24.8 Å². The van der Waals surface area contributed by atoms with Gasteiger partial charge in [0.1, 0.15) is 5.75 Å². The third-order valence-corrected chi connectivity index (χ3v) is 3.93. The van der Waals surface area contributed by atoms with Crippen LogP contribution in [0.1, 0.15) is 28.4 Å². The first kappa shape index (κ1) is 15.9. The second-order valence-electron chi connectivity index (χ2n) is 5.56. The molecule has 1 unspecified atom stereocenters. The van der Waals surface area contributed by atoms with Gasteiger partial charge in [0.15, 0.2) is 0 Å². The number of carbonyl (C=O) groups is 2. The molecule has 2 aromatic rings. The van der Waals surface area contributed by atoms with Gasteiger partial charge in [-0.05, 0) is 18.2 Å². The Labute approximate surface area is 140 Å². The zero-order valence-corrected chi connectivity index (χ0v) is 13.1. The summed E-state index contributed by atoms with van der Waals surface area (Å²) in [5.41, 5.74) is 7.22. The zero-order valence-electron chi connectivity index (χ0n) is 13.1. The second-order valence-corrected chi connectivity index (χ2v) is 5.56. The van der Waals surface area contributed by atoms with E-state index in [1.165, 1.54) is 0 Å². The molecule has 24 heavy (non-hydrogen) atoms. The van der Waals surface area contributed by atoms with Crippen molar-refractivity contribution in [1.29, 1.82) is 0 Å². The minimum absolute atomic E-state index is 0.0593. The summed E-state index contributed by atoms with van der Waals surface area (Å²) in [5, 5.41) is 5.96. The van der Waals surface area contributed by atoms with Crippen LogP contribution in [-0.2, 0) is 4.79 Å². The fourth-order valence-electron chi connectivity index (χ4n) is 2.77. The van der Waals surface area contributed by atoms with Crippen molar-refractivity contribution in [3.63, 3.8) is 0 Å². The first-order valence-corrected chi connectivity index (χ1v) is 7.79. The standard InChI is InChI=1S/C18H19N3O3/c19-18(23)13-6-1-3-7-14(13)20-11-17(22)21-15-9-10-24-16-8-4-2-5-12(15)16/h1-8,15,20H,9-11H2,(H2,19,23)(H,21,22). The van der Waals surface area contributed by atoms with Crippen molar-refractivity contribution in [3.05, 3.63) is 59.7 Å². The topological polar surface area (TPSA) is 93.5 Å². The zero-order chi connectivity index (χ0) is 16.9. The van der Waals surface area contributed by atoms with Gasteiger partial charge < -0.3 is 21.1 Å². The van der Waals surface area contributed by atoms with Crippen molar-refractivity contribution in [1.82, 2.24) is 5.32 Å². The molecule has 0 saturated carbocycles. The summed E-state index contributed by atoms with van der Waals surface area (Å²) in [6.45, 7) is 0.629. The lowest BCUT2D eigenvalue weighted by atomic mass is 10.0. The Balaban J connectivity index is 1.62. The quantitative estimate of drug-likeness (QED) is 0.782. The lowest BCUT2D eigenvalue weighted by Crippen LogP contribution is -2.36. The summed E-state index contributed by atoms with van der Waals surface area (Å²) >= 11 is 0. The molecule has 2 amide bonds. The fraction of sp³-hybridized carbons (Fsp3) is 0.222. The summed E-state index contributed by atoms with van der Waals surface area (Å²) in [6, 6.07) is 14.5. The van der Waals surface area contributed by atoms with E-state index >= 15 is 0 Å². The van der Waals surface area contributed by atoms with Gasteiger partial charge in [-0.2, -0.15) is 0 Å². The molecule has 1 aliphatic rings. The highest BCUT2D eigenvalue weighted by Crippen LogP contribution is 2.31. The highest BCUT2D eigenvalue weighted by molar-refractivity contribution is 5.99. The van der Waals surface area contributed by atoms with Crippen molar-refractivity contribution in [3.8, 4) is 5.75 Å². The predicted molar refractivity (Wildman–Crippen MR) is 90.9 cm³/mol. The van der Waals surface area contributed by atoms with Crippen LogP contribution in [0.5, 0.6) is 5.75 Å². The molecule has 124 valence electrons. The highest BCUT2D eigenvalue weighted by Gasteiger charge is 2.22. The average Bonchev–Trinajstić information content (AvgIpc) is 2.60. The van der Waals surface area contributed by atoms with E-state index in [1.807, 2.05) is 24.3 Å². The lowest BCUT2D eigenvalue weighted by Gasteiger charge is -2.26. The Morgan fingerprint density at radius 1 is 1.12 bits per heavy atom. The highest BCUT2D eigenvalue weighted by atomic mass is 16.5. The maximum Gasteiger partial charge on any atom is 0.250 e. The van der Waals surface area contributed by atoms with Crippen LogP contribution in [0.25, 0.3) is 0 Å². The number of benzene rings is 2. The van der Waals surface area contributed by atoms with Gasteiger partial charge in [-0.15, -0.1) is 0 Å². The van der Waals surface area contributed by atoms with E-state index in [0.717, 1.165) is 17.7 Å². The number of carbonyl (C=O) groups excluding carboxylic acids is 2. The molecule has 6 heteroatoms. The van der Waals surface area contributed by atoms with Gasteiger partial charge in [0.2, 0.25) is 5.91 Å². The van der Waals surface area contributed by atoms with Crippen LogP contribution in [0.15, 0.2) is 48.5 Å². The van der Waals surface area contributed by atoms with Crippen molar-refractivity contribution < 1.29 is 14.3 Å². The molecular formula is C18H19N3O3. The van der Waals surface area contributed by atoms with E-state index in [-0.39, 0.29) is 18.5 Å². The number of hydrogen-bond acceptors (Lipinski definition) is 4. The van der Waals surface area contributed by atoms with Gasteiger partial charge in [-0.1, -0.05) is 30.3 Å². The van der Waals surface area contributed by atoms with Gasteiger partial charge >= 0.3 is 0 Å². The molecule has 0 saturated heterocycles. The monoisotopic (exact) mass is 325 g/mol. The molecule has 6 nitrogen and oxygen atoms in total. The van der Waals surface area contributed by atoms with Crippen LogP contribution < -0.4 is 21.1 Å². The Morgan fingerprint density at radius 2 is 1.88 bits per heavy atom. The summed E-state index contributed by atoms with van der Waals surface area (Å²) in [4.78, 5) is 23.6. The van der Waals surface area contributed by atoms with Crippen molar-refractivity contribution in [2.24, 2.45) is 5.73 Å². The summed E-state index contributed by atoms with van der Waals surface area (Å²) in [5.74, 6) is 0.119. The molecule has 1 atom stereocenters. The SMILES string of the molecule is NC(=O)c1ccccc1NCC(=O)NC1CCOc2ccccc21. The van der Waals surface area contributed by atoms with Crippen LogP contribution in [-0.4, -0.2) is 25.0 Å². The van der Waals surface area contributed by atoms with Gasteiger partial charge in [0, 0.05) is 17.7 Å². The predicted octanol–water partition coefficient (Wildman–Crippen LogP) is 1.84. The van der Waals surface area contributed by atoms with E-state index in [4.69, 9.17) is 10.5 Å². The number of primary amides is 1. The Kier molecular flexibility index (Phi) is 4.65. The van der Waals surface area contributed by atoms with Crippen LogP contribution in [0.3, 0.4) is 0 Å². The van der Waals surface area contributed by atoms with Crippen LogP contribution >= 0.6 is 0 Å². The van der Waals surface area contributed by atoms with Gasteiger partial charge in [0.25, 0.3) is 5.91 Å². The second kappa shape index (κ2) is 7.04. The smallest absolute Gasteiger partial charge is 0.250 e. The number of anilines is 1. The first-order chi connectivity index (χ1) is 11.6. The third kappa shape index (κ3) is 3.48. The van der Waals surface area contributed by atoms with Crippen LogP contribution in [0, 0.1) is 0 Å². The number of para-hydroxylation sites is 2. The number of fused-ring (bicyclic) bond motifs is 1. The molecule has 2 aromatic carbocycles. The van der Waals surface area contributed by atoms with E-state index < -0.39 is 5.91 Å². The van der Waals surface area contributed by atoms with E-state index in [1.54, 1.807) is 24.3 Å². The van der Waals surface area contributed by atoms with Gasteiger partial charge in [-0.25, -0.2) is 0 Å². The van der Waals surface area contributed by atoms with E-state index in [9.17, 15) is 9.59 Å². The molecule has 0 fully saturated rings. The number of hydrogen-bond donors (Lipinski definition) is 3. The normalized spacial score (nSPS) is 15.8. The molecule has 1 aliphatic heterocycles. The van der Waals surface area contributed by atoms with Crippen molar-refractivity contribution in [2.45, 2.75) is 12.5 Å². The Morgan fingerprint density at radius 3 is 2.71 bits per heavy atom. The van der Waals surface area contributed by atoms with Crippen molar-refractivity contribution in [2.75, 3.05) is 18.5 Å². The van der Waals surface area contributed by atoms with E-state index in [2.05, 4.69) is 10.6 Å². The van der Waals surface area contributed by atoms with E-state index in [0.29, 0.717) is 17.9 Å². The Hall–Kier alpha value is -3.02. The molecule has 0 radical (unpaired) electrons. The molecule has 0 aliphatic carbocycles. The molecule has 3 rings (SSSR count). The minimum Gasteiger partial charge on any atom is -0.493 e. The summed E-state index contributed by atoms with van der Waals surface area (Å²) in [7, 11) is 0. The lowest BCUT2D eigenvalue weighted by molar-refractivity contribution is -0.120. The molecule has 4 N–H and O–H groups in total. The van der Waals surface area contributed by atoms with Crippen molar-refractivity contribution >= 4 is 17.5 Å². The molecule has 0 bridgehead atoms. The number of rotatable bonds is 5. The number of amides is 2. The molecule has 0 aromatic heterocycles. The average molecular weight is 325 g/mol. The van der Waals surface area contributed by atoms with Gasteiger partial charge in [-0.3, -0.25) is 9.59 Å². The first-order valence-electron chi connectivity index (χ1n) is 7.79. The fourth-order valence-corrected chi connectivity index (χ4v) is 2.77. The maximum absolute atomic E-state index is 12.2. The van der Waals surface area contributed by atoms with Crippen LogP contribution in [0.2, 0.25) is 0 Å². The number of nitrogens with two attached hydrogens (primary N) is 1. The summed E-state index contributed by atoms with van der Waals surface area (Å²) < 4.78 is 5.59. The largest absolute Gasteiger partial charge is 0.493 e.